The lowest BCUT2D eigenvalue weighted by molar-refractivity contribution is -0.128. The van der Waals surface area contributed by atoms with Gasteiger partial charge in [-0.1, -0.05) is 0 Å². The predicted octanol–water partition coefficient (Wildman–Crippen LogP) is 0.972. The van der Waals surface area contributed by atoms with Crippen LogP contribution in [0.15, 0.2) is 6.07 Å². The van der Waals surface area contributed by atoms with Crippen LogP contribution in [-0.2, 0) is 9.53 Å². The summed E-state index contributed by atoms with van der Waals surface area (Å²) < 4.78 is 5.11. The van der Waals surface area contributed by atoms with Crippen molar-refractivity contribution >= 4 is 11.7 Å². The number of methoxy groups -OCH3 is 1. The predicted molar refractivity (Wildman–Crippen MR) is 97.0 cm³/mol. The number of carbonyl (C=O) groups excluding carboxylic acids is 1. The van der Waals surface area contributed by atoms with Crippen LogP contribution in [-0.4, -0.2) is 74.8 Å². The number of likely N-dealkylation sites (tertiary alicyclic amines) is 1. The van der Waals surface area contributed by atoms with E-state index in [9.17, 15) is 4.79 Å². The highest BCUT2D eigenvalue weighted by Crippen LogP contribution is 2.31. The maximum Gasteiger partial charge on any atom is 0.223 e. The number of amides is 1. The summed E-state index contributed by atoms with van der Waals surface area (Å²) in [4.78, 5) is 25.9. The molecule has 0 bridgehead atoms. The van der Waals surface area contributed by atoms with Crippen molar-refractivity contribution in [1.29, 1.82) is 0 Å². The maximum absolute atomic E-state index is 12.3. The van der Waals surface area contributed by atoms with Crippen LogP contribution >= 0.6 is 0 Å². The molecule has 0 saturated carbocycles. The number of nitrogens with one attached hydrogen (secondary N) is 1. The monoisotopic (exact) mass is 347 g/mol. The minimum atomic E-state index is 0.145. The Bertz CT molecular complexity index is 601. The molecule has 3 heterocycles. The molecule has 2 saturated heterocycles. The Kier molecular flexibility index (Phi) is 5.86. The minimum Gasteiger partial charge on any atom is -0.383 e. The van der Waals surface area contributed by atoms with E-state index < -0.39 is 0 Å². The zero-order chi connectivity index (χ0) is 17.8. The average molecular weight is 347 g/mol. The molecule has 0 radical (unpaired) electrons. The molecule has 0 aliphatic carbocycles. The molecule has 1 aromatic heterocycles. The third kappa shape index (κ3) is 4.27. The fourth-order valence-electron chi connectivity index (χ4n) is 3.56. The van der Waals surface area contributed by atoms with Crippen molar-refractivity contribution in [3.8, 4) is 0 Å². The van der Waals surface area contributed by atoms with E-state index in [0.717, 1.165) is 49.8 Å². The summed E-state index contributed by atoms with van der Waals surface area (Å²) in [6.07, 6.45) is 2.67. The summed E-state index contributed by atoms with van der Waals surface area (Å²) in [7, 11) is 5.67. The Hall–Kier alpha value is -1.73. The lowest BCUT2D eigenvalue weighted by Gasteiger charge is -2.24. The molecule has 2 fully saturated rings. The largest absolute Gasteiger partial charge is 0.383 e. The second kappa shape index (κ2) is 8.10. The van der Waals surface area contributed by atoms with Crippen LogP contribution in [0.25, 0.3) is 0 Å². The van der Waals surface area contributed by atoms with Crippen molar-refractivity contribution in [1.82, 2.24) is 20.2 Å². The van der Waals surface area contributed by atoms with Gasteiger partial charge in [0, 0.05) is 58.6 Å². The van der Waals surface area contributed by atoms with Gasteiger partial charge in [-0.3, -0.25) is 4.79 Å². The van der Waals surface area contributed by atoms with Crippen molar-refractivity contribution in [2.24, 2.45) is 0 Å². The van der Waals surface area contributed by atoms with E-state index in [2.05, 4.69) is 5.32 Å². The number of carbonyl (C=O) groups is 1. The van der Waals surface area contributed by atoms with Gasteiger partial charge in [-0.05, 0) is 25.9 Å². The topological polar surface area (TPSA) is 70.6 Å². The molecular formula is C18H29N5O2. The van der Waals surface area contributed by atoms with Gasteiger partial charge in [0.1, 0.15) is 11.6 Å². The SMILES string of the molecule is COCCN1CC(c2cc(N(C)C)nc(C3CCNCC3)n2)CC1=O. The molecule has 1 N–H and O–H groups in total. The minimum absolute atomic E-state index is 0.145. The molecule has 1 atom stereocenters. The van der Waals surface area contributed by atoms with Crippen LogP contribution in [0.2, 0.25) is 0 Å². The second-order valence-electron chi connectivity index (χ2n) is 7.16. The van der Waals surface area contributed by atoms with E-state index in [1.54, 1.807) is 7.11 Å². The number of hydrogen-bond donors (Lipinski definition) is 1. The van der Waals surface area contributed by atoms with Crippen LogP contribution in [0.5, 0.6) is 0 Å². The van der Waals surface area contributed by atoms with E-state index >= 15 is 0 Å². The van der Waals surface area contributed by atoms with Crippen LogP contribution in [0, 0.1) is 0 Å². The van der Waals surface area contributed by atoms with Gasteiger partial charge in [0.05, 0.1) is 12.3 Å². The molecule has 25 heavy (non-hydrogen) atoms. The first-order chi connectivity index (χ1) is 12.1. The molecule has 7 heteroatoms. The Labute approximate surface area is 149 Å². The van der Waals surface area contributed by atoms with E-state index in [4.69, 9.17) is 14.7 Å². The standard InChI is InChI=1S/C18H29N5O2/c1-22(2)16-11-15(14-10-17(24)23(12-14)8-9-25-3)20-18(21-16)13-4-6-19-7-5-13/h11,13-14,19H,4-10,12H2,1-3H3. The molecule has 1 amide bonds. The van der Waals surface area contributed by atoms with Gasteiger partial charge in [0.15, 0.2) is 0 Å². The van der Waals surface area contributed by atoms with Crippen molar-refractivity contribution in [2.75, 3.05) is 58.9 Å². The first-order valence-electron chi connectivity index (χ1n) is 9.12. The number of nitrogens with zero attached hydrogens (tertiary/aromatic N) is 4. The number of hydrogen-bond acceptors (Lipinski definition) is 6. The second-order valence-corrected chi connectivity index (χ2v) is 7.16. The summed E-state index contributed by atoms with van der Waals surface area (Å²) in [5, 5.41) is 3.39. The van der Waals surface area contributed by atoms with Crippen LogP contribution < -0.4 is 10.2 Å². The normalized spacial score (nSPS) is 21.8. The van der Waals surface area contributed by atoms with Gasteiger partial charge < -0.3 is 19.9 Å². The van der Waals surface area contributed by atoms with Crippen molar-refractivity contribution in [3.63, 3.8) is 0 Å². The molecule has 1 aromatic rings. The molecule has 138 valence electrons. The quantitative estimate of drug-likeness (QED) is 0.827. The highest BCUT2D eigenvalue weighted by Gasteiger charge is 2.32. The number of anilines is 1. The molecule has 7 nitrogen and oxygen atoms in total. The highest BCUT2D eigenvalue weighted by atomic mass is 16.5. The van der Waals surface area contributed by atoms with Gasteiger partial charge in [-0.15, -0.1) is 0 Å². The summed E-state index contributed by atoms with van der Waals surface area (Å²) in [5.74, 6) is 2.61. The van der Waals surface area contributed by atoms with Crippen LogP contribution in [0.4, 0.5) is 5.82 Å². The van der Waals surface area contributed by atoms with E-state index in [0.29, 0.717) is 25.5 Å². The molecule has 2 aliphatic heterocycles. The summed E-state index contributed by atoms with van der Waals surface area (Å²) >= 11 is 0. The van der Waals surface area contributed by atoms with Gasteiger partial charge >= 0.3 is 0 Å². The third-order valence-electron chi connectivity index (χ3n) is 5.11. The van der Waals surface area contributed by atoms with E-state index in [1.807, 2.05) is 30.0 Å². The Morgan fingerprint density at radius 2 is 2.04 bits per heavy atom. The lowest BCUT2D eigenvalue weighted by atomic mass is 9.96. The van der Waals surface area contributed by atoms with Gasteiger partial charge in [-0.25, -0.2) is 9.97 Å². The average Bonchev–Trinajstić information content (AvgIpc) is 3.01. The highest BCUT2D eigenvalue weighted by molar-refractivity contribution is 5.79. The Morgan fingerprint density at radius 1 is 1.28 bits per heavy atom. The zero-order valence-electron chi connectivity index (χ0n) is 15.5. The number of rotatable bonds is 6. The molecule has 2 aliphatic rings. The van der Waals surface area contributed by atoms with Crippen LogP contribution in [0.1, 0.15) is 42.6 Å². The van der Waals surface area contributed by atoms with Gasteiger partial charge in [0.2, 0.25) is 5.91 Å². The summed E-state index contributed by atoms with van der Waals surface area (Å²) in [5.41, 5.74) is 1.00. The Morgan fingerprint density at radius 3 is 2.72 bits per heavy atom. The van der Waals surface area contributed by atoms with E-state index in [-0.39, 0.29) is 11.8 Å². The number of ether oxygens (including phenoxy) is 1. The lowest BCUT2D eigenvalue weighted by Crippen LogP contribution is -2.29. The smallest absolute Gasteiger partial charge is 0.223 e. The molecule has 3 rings (SSSR count). The number of piperidine rings is 1. The molecular weight excluding hydrogens is 318 g/mol. The van der Waals surface area contributed by atoms with Crippen molar-refractivity contribution in [3.05, 3.63) is 17.6 Å². The van der Waals surface area contributed by atoms with E-state index in [1.165, 1.54) is 0 Å². The van der Waals surface area contributed by atoms with Crippen LogP contribution in [0.3, 0.4) is 0 Å². The van der Waals surface area contributed by atoms with Crippen molar-refractivity contribution < 1.29 is 9.53 Å². The summed E-state index contributed by atoms with van der Waals surface area (Å²) in [6, 6.07) is 2.04. The fraction of sp³-hybridized carbons (Fsp3) is 0.722. The molecule has 0 spiro atoms. The molecule has 1 unspecified atom stereocenters. The zero-order valence-corrected chi connectivity index (χ0v) is 15.5. The third-order valence-corrected chi connectivity index (χ3v) is 5.11. The molecule has 0 aromatic carbocycles. The summed E-state index contributed by atoms with van der Waals surface area (Å²) in [6.45, 7) is 3.98. The maximum atomic E-state index is 12.3. The fourth-order valence-corrected chi connectivity index (χ4v) is 3.56. The van der Waals surface area contributed by atoms with Gasteiger partial charge in [-0.2, -0.15) is 0 Å². The number of aromatic nitrogens is 2. The van der Waals surface area contributed by atoms with Crippen molar-refractivity contribution in [2.45, 2.75) is 31.1 Å². The first-order valence-corrected chi connectivity index (χ1v) is 9.12. The Balaban J connectivity index is 1.82. The van der Waals surface area contributed by atoms with Gasteiger partial charge in [0.25, 0.3) is 0 Å². The first kappa shape index (κ1) is 18.1.